The minimum Gasteiger partial charge on any atom is -0.385 e. The van der Waals surface area contributed by atoms with Crippen LogP contribution in [0.2, 0.25) is 0 Å². The summed E-state index contributed by atoms with van der Waals surface area (Å²) in [7, 11) is 1.70. The molecule has 1 amide bonds. The summed E-state index contributed by atoms with van der Waals surface area (Å²) < 4.78 is 18.7. The van der Waals surface area contributed by atoms with Gasteiger partial charge in [0.2, 0.25) is 0 Å². The predicted octanol–water partition coefficient (Wildman–Crippen LogP) is 2.46. The van der Waals surface area contributed by atoms with Crippen molar-refractivity contribution in [2.75, 3.05) is 51.8 Å². The summed E-state index contributed by atoms with van der Waals surface area (Å²) in [6.07, 6.45) is 2.97. The first-order chi connectivity index (χ1) is 17.5. The minimum absolute atomic E-state index is 0.00117. The number of aliphatic hydroxyl groups is 1. The molecule has 1 fully saturated rings. The molecule has 1 atom stereocenters. The van der Waals surface area contributed by atoms with Crippen molar-refractivity contribution in [2.45, 2.75) is 12.6 Å². The van der Waals surface area contributed by atoms with Crippen LogP contribution in [0.4, 0.5) is 15.8 Å². The molecule has 10 heteroatoms. The number of rotatable bonds is 8. The average molecular weight is 495 g/mol. The first kappa shape index (κ1) is 25.5. The number of hydrazone groups is 1. The highest BCUT2D eigenvalue weighted by Gasteiger charge is 2.23. The quantitative estimate of drug-likeness (QED) is 0.225. The Hall–Kier alpha value is -3.60. The number of carbonyl (C=O) groups excluding carboxylic acids is 1. The van der Waals surface area contributed by atoms with Crippen molar-refractivity contribution in [3.63, 3.8) is 0 Å². The Morgan fingerprint density at radius 3 is 2.67 bits per heavy atom. The molecule has 0 radical (unpaired) electrons. The third kappa shape index (κ3) is 6.14. The first-order valence-electron chi connectivity index (χ1n) is 11.9. The Morgan fingerprint density at radius 2 is 1.97 bits per heavy atom. The lowest BCUT2D eigenvalue weighted by Crippen LogP contribution is -2.48. The van der Waals surface area contributed by atoms with Gasteiger partial charge in [-0.15, -0.1) is 0 Å². The van der Waals surface area contributed by atoms with Gasteiger partial charge in [0.1, 0.15) is 11.5 Å². The van der Waals surface area contributed by atoms with Crippen molar-refractivity contribution in [3.05, 3.63) is 65.0 Å². The van der Waals surface area contributed by atoms with Crippen molar-refractivity contribution in [2.24, 2.45) is 15.9 Å². The molecule has 0 bridgehead atoms. The van der Waals surface area contributed by atoms with Crippen LogP contribution in [-0.4, -0.2) is 85.4 Å². The maximum Gasteiger partial charge on any atom is 0.253 e. The van der Waals surface area contributed by atoms with Crippen LogP contribution in [0.1, 0.15) is 22.3 Å². The number of hydrogen-bond donors (Lipinski definition) is 3. The number of amides is 1. The number of nitrogens with one attached hydrogen (secondary N) is 1. The largest absolute Gasteiger partial charge is 0.385 e. The summed E-state index contributed by atoms with van der Waals surface area (Å²) >= 11 is 0. The van der Waals surface area contributed by atoms with E-state index in [1.807, 2.05) is 4.90 Å². The van der Waals surface area contributed by atoms with Gasteiger partial charge in [-0.2, -0.15) is 5.10 Å². The van der Waals surface area contributed by atoms with Crippen LogP contribution in [0.5, 0.6) is 0 Å². The van der Waals surface area contributed by atoms with Gasteiger partial charge in [-0.25, -0.2) is 4.39 Å². The second-order valence-corrected chi connectivity index (χ2v) is 8.68. The number of anilines is 1. The number of hydrogen-bond acceptors (Lipinski definition) is 8. The highest BCUT2D eigenvalue weighted by atomic mass is 19.1. The fraction of sp³-hybridized carbons (Fsp3) is 0.346. The molecule has 0 saturated carbocycles. The van der Waals surface area contributed by atoms with Crippen molar-refractivity contribution in [1.82, 2.24) is 9.80 Å². The second kappa shape index (κ2) is 11.9. The Morgan fingerprint density at radius 1 is 1.22 bits per heavy atom. The van der Waals surface area contributed by atoms with Crippen molar-refractivity contribution >= 4 is 35.3 Å². The van der Waals surface area contributed by atoms with Gasteiger partial charge in [-0.3, -0.25) is 14.7 Å². The number of carbonyl (C=O) groups is 1. The molecule has 9 nitrogen and oxygen atoms in total. The van der Waals surface area contributed by atoms with E-state index in [1.54, 1.807) is 43.5 Å². The van der Waals surface area contributed by atoms with E-state index in [-0.39, 0.29) is 17.4 Å². The molecule has 2 aliphatic rings. The number of fused-ring (bicyclic) bond motifs is 1. The van der Waals surface area contributed by atoms with E-state index in [4.69, 9.17) is 10.6 Å². The molecular weight excluding hydrogens is 463 g/mol. The molecule has 0 aromatic heterocycles. The molecule has 2 heterocycles. The zero-order chi connectivity index (χ0) is 25.5. The van der Waals surface area contributed by atoms with Gasteiger partial charge >= 0.3 is 0 Å². The van der Waals surface area contributed by atoms with E-state index in [1.165, 1.54) is 18.3 Å². The first-order valence-corrected chi connectivity index (χ1v) is 11.9. The zero-order valence-corrected chi connectivity index (χ0v) is 20.2. The lowest BCUT2D eigenvalue weighted by molar-refractivity contribution is 0.0624. The smallest absolute Gasteiger partial charge is 0.253 e. The molecule has 4 N–H and O–H groups in total. The highest BCUT2D eigenvalue weighted by Crippen LogP contribution is 2.27. The number of methoxy groups -OCH3 is 1. The third-order valence-corrected chi connectivity index (χ3v) is 6.28. The SMILES string of the molecule is COCCCN1CCN(C(=O)c2ccc(N=CC(=NN)C3=Cc4cc(F)ccc4NC3O)cc2)CC1. The number of halogens is 1. The number of aliphatic hydroxyl groups excluding tert-OH is 1. The van der Waals surface area contributed by atoms with Crippen molar-refractivity contribution in [3.8, 4) is 0 Å². The summed E-state index contributed by atoms with van der Waals surface area (Å²) in [4.78, 5) is 21.5. The Bertz CT molecular complexity index is 1160. The van der Waals surface area contributed by atoms with E-state index < -0.39 is 6.23 Å². The van der Waals surface area contributed by atoms with E-state index >= 15 is 0 Å². The minimum atomic E-state index is -1.07. The van der Waals surface area contributed by atoms with Crippen LogP contribution < -0.4 is 11.2 Å². The van der Waals surface area contributed by atoms with Gasteiger partial charge < -0.3 is 25.9 Å². The molecule has 2 aromatic carbocycles. The number of ether oxygens (including phenoxy) is 1. The fourth-order valence-electron chi connectivity index (χ4n) is 4.27. The van der Waals surface area contributed by atoms with Crippen LogP contribution in [0, 0.1) is 5.82 Å². The molecule has 0 spiro atoms. The number of aliphatic imine (C=N–C) groups is 1. The maximum atomic E-state index is 13.6. The normalized spacial score (nSPS) is 18.6. The average Bonchev–Trinajstić information content (AvgIpc) is 2.90. The number of benzene rings is 2. The highest BCUT2D eigenvalue weighted by molar-refractivity contribution is 6.40. The van der Waals surface area contributed by atoms with Crippen LogP contribution in [0.15, 0.2) is 58.1 Å². The van der Waals surface area contributed by atoms with Gasteiger partial charge in [0.25, 0.3) is 5.91 Å². The van der Waals surface area contributed by atoms with Gasteiger partial charge in [-0.05, 0) is 55.0 Å². The van der Waals surface area contributed by atoms with E-state index in [9.17, 15) is 14.3 Å². The molecule has 1 unspecified atom stereocenters. The molecule has 1 saturated heterocycles. The number of nitrogens with zero attached hydrogens (tertiary/aromatic N) is 4. The van der Waals surface area contributed by atoms with E-state index in [0.29, 0.717) is 41.2 Å². The second-order valence-electron chi connectivity index (χ2n) is 8.68. The summed E-state index contributed by atoms with van der Waals surface area (Å²) in [5, 5.41) is 17.1. The molecule has 2 aromatic rings. The van der Waals surface area contributed by atoms with Crippen LogP contribution in [-0.2, 0) is 4.74 Å². The molecule has 0 aliphatic carbocycles. The lowest BCUT2D eigenvalue weighted by Gasteiger charge is -2.34. The number of piperazine rings is 1. The van der Waals surface area contributed by atoms with Crippen LogP contribution >= 0.6 is 0 Å². The van der Waals surface area contributed by atoms with Gasteiger partial charge in [0.15, 0.2) is 6.23 Å². The van der Waals surface area contributed by atoms with Crippen molar-refractivity contribution < 1.29 is 19.0 Å². The summed E-state index contributed by atoms with van der Waals surface area (Å²) in [6.45, 7) is 4.82. The Kier molecular flexibility index (Phi) is 8.42. The van der Waals surface area contributed by atoms with E-state index in [2.05, 4.69) is 20.3 Å². The molecule has 190 valence electrons. The van der Waals surface area contributed by atoms with Crippen LogP contribution in [0.3, 0.4) is 0 Å². The van der Waals surface area contributed by atoms with E-state index in [0.717, 1.165) is 32.7 Å². The molecule has 2 aliphatic heterocycles. The van der Waals surface area contributed by atoms with Gasteiger partial charge in [-0.1, -0.05) is 0 Å². The zero-order valence-electron chi connectivity index (χ0n) is 20.2. The lowest BCUT2D eigenvalue weighted by atomic mass is 9.99. The topological polar surface area (TPSA) is 116 Å². The van der Waals surface area contributed by atoms with Gasteiger partial charge in [0.05, 0.1) is 11.9 Å². The van der Waals surface area contributed by atoms with Crippen LogP contribution in [0.25, 0.3) is 6.08 Å². The number of nitrogens with two attached hydrogens (primary N) is 1. The maximum absolute atomic E-state index is 13.6. The summed E-state index contributed by atoms with van der Waals surface area (Å²) in [6, 6.07) is 11.2. The Labute approximate surface area is 209 Å². The third-order valence-electron chi connectivity index (χ3n) is 6.28. The summed E-state index contributed by atoms with van der Waals surface area (Å²) in [5.41, 5.74) is 2.99. The fourth-order valence-corrected chi connectivity index (χ4v) is 4.27. The molecule has 36 heavy (non-hydrogen) atoms. The summed E-state index contributed by atoms with van der Waals surface area (Å²) in [5.74, 6) is 5.16. The predicted molar refractivity (Wildman–Crippen MR) is 139 cm³/mol. The van der Waals surface area contributed by atoms with Crippen molar-refractivity contribution in [1.29, 1.82) is 0 Å². The standard InChI is InChI=1S/C26H31FN6O3/c1-36-14-2-9-32-10-12-33(13-11-32)26(35)18-3-6-21(7-4-18)29-17-24(31-28)22-16-19-15-20(27)5-8-23(19)30-25(22)34/h3-8,15-17,25,30,34H,2,9-14,28H2,1H3. The molecular formula is C26H31FN6O3. The monoisotopic (exact) mass is 494 g/mol. The molecule has 4 rings (SSSR count). The van der Waals surface area contributed by atoms with Gasteiger partial charge in [0, 0.05) is 68.8 Å². The Balaban J connectivity index is 1.37.